The van der Waals surface area contributed by atoms with E-state index >= 15 is 0 Å². The largest absolute Gasteiger partial charge is 0.387 e. The maximum Gasteiger partial charge on any atom is 0.0929 e. The van der Waals surface area contributed by atoms with Gasteiger partial charge in [-0.25, -0.2) is 0 Å². The van der Waals surface area contributed by atoms with Crippen LogP contribution in [0.3, 0.4) is 0 Å². The fraction of sp³-hybridized carbons (Fsp3) is 0.545. The summed E-state index contributed by atoms with van der Waals surface area (Å²) in [6.07, 6.45) is 2.97. The zero-order valence-electron chi connectivity index (χ0n) is 8.93. The topological polar surface area (TPSA) is 48.4 Å². The van der Waals surface area contributed by atoms with Gasteiger partial charge in [0.2, 0.25) is 0 Å². The number of pyridine rings is 1. The molecular formula is C11H17N3O. The highest BCUT2D eigenvalue weighted by Gasteiger charge is 2.23. The van der Waals surface area contributed by atoms with E-state index in [4.69, 9.17) is 0 Å². The lowest BCUT2D eigenvalue weighted by Crippen LogP contribution is -2.56. The van der Waals surface area contributed by atoms with E-state index in [1.165, 1.54) is 0 Å². The van der Waals surface area contributed by atoms with Crippen molar-refractivity contribution in [1.29, 1.82) is 0 Å². The molecule has 1 saturated heterocycles. The Bertz CT molecular complexity index is 298. The normalized spacial score (nSPS) is 19.9. The maximum atomic E-state index is 9.84. The molecule has 2 N–H and O–H groups in total. The average Bonchev–Trinajstić information content (AvgIpc) is 2.23. The van der Waals surface area contributed by atoms with E-state index in [-0.39, 0.29) is 0 Å². The van der Waals surface area contributed by atoms with Crippen LogP contribution in [0.2, 0.25) is 0 Å². The number of aliphatic hydroxyl groups excluding tert-OH is 1. The summed E-state index contributed by atoms with van der Waals surface area (Å²) in [7, 11) is 2.09. The summed E-state index contributed by atoms with van der Waals surface area (Å²) in [5.41, 5.74) is 0.873. The number of hydrogen-bond acceptors (Lipinski definition) is 4. The molecule has 0 spiro atoms. The van der Waals surface area contributed by atoms with Crippen molar-refractivity contribution in [2.45, 2.75) is 12.1 Å². The molecule has 4 nitrogen and oxygen atoms in total. The molecule has 82 valence electrons. The van der Waals surface area contributed by atoms with Gasteiger partial charge in [-0.2, -0.15) is 0 Å². The predicted octanol–water partition coefficient (Wildman–Crippen LogP) is 0.0186. The number of nitrogens with zero attached hydrogens (tertiary/aromatic N) is 2. The van der Waals surface area contributed by atoms with Crippen LogP contribution < -0.4 is 5.32 Å². The van der Waals surface area contributed by atoms with Crippen LogP contribution in [0.4, 0.5) is 0 Å². The number of hydrogen-bond donors (Lipinski definition) is 2. The molecule has 1 aliphatic heterocycles. The first-order valence-corrected chi connectivity index (χ1v) is 5.25. The molecule has 15 heavy (non-hydrogen) atoms. The van der Waals surface area contributed by atoms with Gasteiger partial charge in [-0.3, -0.25) is 4.98 Å². The van der Waals surface area contributed by atoms with Crippen LogP contribution in [-0.2, 0) is 0 Å². The standard InChI is InChI=1S/C11H17N3O/c1-14-7-10(8-14)13-6-11(15)9-3-2-4-12-5-9/h2-5,10-11,13,15H,6-8H2,1H3. The maximum absolute atomic E-state index is 9.84. The third kappa shape index (κ3) is 2.75. The van der Waals surface area contributed by atoms with Gasteiger partial charge in [0.05, 0.1) is 6.10 Å². The Morgan fingerprint density at radius 1 is 1.67 bits per heavy atom. The van der Waals surface area contributed by atoms with E-state index in [0.717, 1.165) is 18.7 Å². The summed E-state index contributed by atoms with van der Waals surface area (Å²) in [4.78, 5) is 6.23. The molecule has 1 aliphatic rings. The fourth-order valence-corrected chi connectivity index (χ4v) is 1.80. The molecule has 0 amide bonds. The molecule has 0 saturated carbocycles. The van der Waals surface area contributed by atoms with Crippen molar-refractivity contribution in [2.75, 3.05) is 26.7 Å². The van der Waals surface area contributed by atoms with Crippen molar-refractivity contribution >= 4 is 0 Å². The third-order valence-electron chi connectivity index (χ3n) is 2.73. The summed E-state index contributed by atoms with van der Waals surface area (Å²) in [6.45, 7) is 2.74. The average molecular weight is 207 g/mol. The van der Waals surface area contributed by atoms with Crippen molar-refractivity contribution in [2.24, 2.45) is 0 Å². The van der Waals surface area contributed by atoms with E-state index in [9.17, 15) is 5.11 Å². The first kappa shape index (κ1) is 10.5. The third-order valence-corrected chi connectivity index (χ3v) is 2.73. The van der Waals surface area contributed by atoms with Gasteiger partial charge >= 0.3 is 0 Å². The van der Waals surface area contributed by atoms with Gasteiger partial charge in [0.15, 0.2) is 0 Å². The van der Waals surface area contributed by atoms with Crippen LogP contribution in [0.1, 0.15) is 11.7 Å². The van der Waals surface area contributed by atoms with Crippen molar-refractivity contribution in [1.82, 2.24) is 15.2 Å². The molecule has 0 aliphatic carbocycles. The first-order chi connectivity index (χ1) is 7.25. The molecule has 1 atom stereocenters. The minimum Gasteiger partial charge on any atom is -0.387 e. The highest BCUT2D eigenvalue weighted by atomic mass is 16.3. The SMILES string of the molecule is CN1CC(NCC(O)c2cccnc2)C1. The minimum atomic E-state index is -0.454. The summed E-state index contributed by atoms with van der Waals surface area (Å²) < 4.78 is 0. The smallest absolute Gasteiger partial charge is 0.0929 e. The summed E-state index contributed by atoms with van der Waals surface area (Å²) in [6, 6.07) is 4.27. The summed E-state index contributed by atoms with van der Waals surface area (Å²) >= 11 is 0. The van der Waals surface area contributed by atoms with Crippen LogP contribution in [0, 0.1) is 0 Å². The second-order valence-corrected chi connectivity index (χ2v) is 4.13. The molecule has 4 heteroatoms. The molecule has 0 bridgehead atoms. The van der Waals surface area contributed by atoms with Crippen LogP contribution in [0.25, 0.3) is 0 Å². The molecular weight excluding hydrogens is 190 g/mol. The number of rotatable bonds is 4. The highest BCUT2D eigenvalue weighted by molar-refractivity contribution is 5.12. The van der Waals surface area contributed by atoms with Crippen molar-refractivity contribution < 1.29 is 5.11 Å². The lowest BCUT2D eigenvalue weighted by atomic mass is 10.1. The van der Waals surface area contributed by atoms with E-state index < -0.39 is 6.10 Å². The highest BCUT2D eigenvalue weighted by Crippen LogP contribution is 2.11. The molecule has 2 heterocycles. The predicted molar refractivity (Wildman–Crippen MR) is 58.5 cm³/mol. The molecule has 1 unspecified atom stereocenters. The Morgan fingerprint density at radius 3 is 3.07 bits per heavy atom. The van der Waals surface area contributed by atoms with Crippen LogP contribution in [0.15, 0.2) is 24.5 Å². The van der Waals surface area contributed by atoms with Gasteiger partial charge in [-0.15, -0.1) is 0 Å². The number of nitrogens with one attached hydrogen (secondary N) is 1. The first-order valence-electron chi connectivity index (χ1n) is 5.25. The van der Waals surface area contributed by atoms with Gasteiger partial charge in [-0.1, -0.05) is 6.07 Å². The van der Waals surface area contributed by atoms with Crippen molar-refractivity contribution in [3.8, 4) is 0 Å². The Kier molecular flexibility index (Phi) is 3.30. The van der Waals surface area contributed by atoms with Crippen LogP contribution >= 0.6 is 0 Å². The number of aromatic nitrogens is 1. The molecule has 1 fully saturated rings. The number of aliphatic hydroxyl groups is 1. The van der Waals surface area contributed by atoms with Gasteiger partial charge in [0.25, 0.3) is 0 Å². The van der Waals surface area contributed by atoms with Gasteiger partial charge < -0.3 is 15.3 Å². The quantitative estimate of drug-likeness (QED) is 0.730. The van der Waals surface area contributed by atoms with Crippen molar-refractivity contribution in [3.05, 3.63) is 30.1 Å². The van der Waals surface area contributed by atoms with E-state index in [0.29, 0.717) is 12.6 Å². The summed E-state index contributed by atoms with van der Waals surface area (Å²) in [5.74, 6) is 0. The van der Waals surface area contributed by atoms with Gasteiger partial charge in [0.1, 0.15) is 0 Å². The summed E-state index contributed by atoms with van der Waals surface area (Å²) in [5, 5.41) is 13.2. The molecule has 0 radical (unpaired) electrons. The fourth-order valence-electron chi connectivity index (χ4n) is 1.80. The van der Waals surface area contributed by atoms with Crippen molar-refractivity contribution in [3.63, 3.8) is 0 Å². The van der Waals surface area contributed by atoms with E-state index in [1.807, 2.05) is 12.1 Å². The number of likely N-dealkylation sites (N-methyl/N-ethyl adjacent to an activating group) is 1. The van der Waals surface area contributed by atoms with Crippen LogP contribution in [-0.4, -0.2) is 47.7 Å². The van der Waals surface area contributed by atoms with Crippen LogP contribution in [0.5, 0.6) is 0 Å². The molecule has 1 aromatic rings. The second-order valence-electron chi connectivity index (χ2n) is 4.13. The van der Waals surface area contributed by atoms with E-state index in [2.05, 4.69) is 22.2 Å². The molecule has 2 rings (SSSR count). The lowest BCUT2D eigenvalue weighted by molar-refractivity contribution is 0.125. The lowest BCUT2D eigenvalue weighted by Gasteiger charge is -2.37. The Morgan fingerprint density at radius 2 is 2.47 bits per heavy atom. The number of likely N-dealkylation sites (tertiary alicyclic amines) is 1. The van der Waals surface area contributed by atoms with E-state index in [1.54, 1.807) is 12.4 Å². The second kappa shape index (κ2) is 4.70. The zero-order valence-corrected chi connectivity index (χ0v) is 8.93. The Balaban J connectivity index is 1.75. The molecule has 1 aromatic heterocycles. The Hall–Kier alpha value is -0.970. The monoisotopic (exact) mass is 207 g/mol. The minimum absolute atomic E-state index is 0.454. The van der Waals surface area contributed by atoms with Gasteiger partial charge in [0, 0.05) is 43.6 Å². The molecule has 0 aromatic carbocycles. The van der Waals surface area contributed by atoms with Gasteiger partial charge in [-0.05, 0) is 13.1 Å². The zero-order chi connectivity index (χ0) is 10.7. The Labute approximate surface area is 89.9 Å².